The van der Waals surface area contributed by atoms with E-state index in [4.69, 9.17) is 5.73 Å². The van der Waals surface area contributed by atoms with Gasteiger partial charge < -0.3 is 10.8 Å². The fraction of sp³-hybridized carbons (Fsp3) is 0.750. The molecule has 1 aliphatic carbocycles. The summed E-state index contributed by atoms with van der Waals surface area (Å²) in [5, 5.41) is 9.62. The van der Waals surface area contributed by atoms with Crippen molar-refractivity contribution in [1.29, 1.82) is 0 Å². The highest BCUT2D eigenvalue weighted by atomic mass is 16.3. The third-order valence-corrected chi connectivity index (χ3v) is 2.28. The Balaban J connectivity index is 2.46. The topological polar surface area (TPSA) is 46.2 Å². The minimum Gasteiger partial charge on any atom is -0.386 e. The van der Waals surface area contributed by atoms with Gasteiger partial charge in [-0.05, 0) is 25.7 Å². The van der Waals surface area contributed by atoms with E-state index in [-0.39, 0.29) is 0 Å². The zero-order chi connectivity index (χ0) is 7.61. The molecule has 0 aromatic heterocycles. The molecule has 1 fully saturated rings. The molecule has 1 rings (SSSR count). The highest BCUT2D eigenvalue weighted by Crippen LogP contribution is 2.27. The van der Waals surface area contributed by atoms with Crippen molar-refractivity contribution in [3.05, 3.63) is 12.7 Å². The Labute approximate surface area is 61.7 Å². The summed E-state index contributed by atoms with van der Waals surface area (Å²) in [7, 11) is 0. The Morgan fingerprint density at radius 2 is 2.00 bits per heavy atom. The molecule has 0 radical (unpaired) electrons. The summed E-state index contributed by atoms with van der Waals surface area (Å²) in [4.78, 5) is 0. The van der Waals surface area contributed by atoms with Crippen LogP contribution in [0.3, 0.4) is 0 Å². The molecule has 0 aliphatic heterocycles. The predicted molar refractivity (Wildman–Crippen MR) is 41.6 cm³/mol. The molecule has 0 spiro atoms. The van der Waals surface area contributed by atoms with E-state index in [1.54, 1.807) is 6.08 Å². The molecule has 1 aliphatic rings. The number of nitrogens with two attached hydrogens (primary N) is 1. The fourth-order valence-corrected chi connectivity index (χ4v) is 1.34. The quantitative estimate of drug-likeness (QED) is 0.531. The van der Waals surface area contributed by atoms with Crippen LogP contribution in [-0.4, -0.2) is 16.7 Å². The summed E-state index contributed by atoms with van der Waals surface area (Å²) >= 11 is 0. The van der Waals surface area contributed by atoms with E-state index in [0.717, 1.165) is 25.7 Å². The van der Waals surface area contributed by atoms with Crippen LogP contribution >= 0.6 is 0 Å². The smallest absolute Gasteiger partial charge is 0.0826 e. The van der Waals surface area contributed by atoms with Crippen molar-refractivity contribution < 1.29 is 5.11 Å². The summed E-state index contributed by atoms with van der Waals surface area (Å²) in [6, 6.07) is 0.292. The van der Waals surface area contributed by atoms with Crippen LogP contribution in [0, 0.1) is 0 Å². The van der Waals surface area contributed by atoms with Gasteiger partial charge in [-0.15, -0.1) is 6.58 Å². The van der Waals surface area contributed by atoms with E-state index in [9.17, 15) is 5.11 Å². The molecular formula is C8H15NO. The molecule has 10 heavy (non-hydrogen) atoms. The van der Waals surface area contributed by atoms with Crippen LogP contribution in [0.15, 0.2) is 12.7 Å². The Bertz CT molecular complexity index is 125. The van der Waals surface area contributed by atoms with Gasteiger partial charge in [0, 0.05) is 6.04 Å². The summed E-state index contributed by atoms with van der Waals surface area (Å²) in [6.07, 6.45) is 5.03. The van der Waals surface area contributed by atoms with Gasteiger partial charge in [0.05, 0.1) is 5.60 Å². The van der Waals surface area contributed by atoms with Crippen LogP contribution in [0.4, 0.5) is 0 Å². The van der Waals surface area contributed by atoms with Gasteiger partial charge in [-0.3, -0.25) is 0 Å². The van der Waals surface area contributed by atoms with Crippen LogP contribution in [0.2, 0.25) is 0 Å². The lowest BCUT2D eigenvalue weighted by molar-refractivity contribution is 0.0464. The highest BCUT2D eigenvalue weighted by molar-refractivity contribution is 4.99. The average molecular weight is 141 g/mol. The van der Waals surface area contributed by atoms with E-state index in [1.807, 2.05) is 0 Å². The van der Waals surface area contributed by atoms with Crippen molar-refractivity contribution in [3.63, 3.8) is 0 Å². The average Bonchev–Trinajstić information content (AvgIpc) is 1.96. The summed E-state index contributed by atoms with van der Waals surface area (Å²) in [6.45, 7) is 3.59. The molecular weight excluding hydrogens is 126 g/mol. The van der Waals surface area contributed by atoms with E-state index in [2.05, 4.69) is 6.58 Å². The molecule has 0 atom stereocenters. The van der Waals surface area contributed by atoms with Crippen LogP contribution in [0.1, 0.15) is 25.7 Å². The van der Waals surface area contributed by atoms with E-state index < -0.39 is 5.60 Å². The maximum absolute atomic E-state index is 9.62. The number of aliphatic hydroxyl groups is 1. The first-order chi connectivity index (χ1) is 4.66. The summed E-state index contributed by atoms with van der Waals surface area (Å²) in [5.41, 5.74) is 5.05. The molecule has 2 nitrogen and oxygen atoms in total. The van der Waals surface area contributed by atoms with Gasteiger partial charge >= 0.3 is 0 Å². The van der Waals surface area contributed by atoms with Gasteiger partial charge in [0.1, 0.15) is 0 Å². The van der Waals surface area contributed by atoms with Crippen LogP contribution in [-0.2, 0) is 0 Å². The molecule has 58 valence electrons. The summed E-state index contributed by atoms with van der Waals surface area (Å²) < 4.78 is 0. The van der Waals surface area contributed by atoms with Crippen LogP contribution in [0.25, 0.3) is 0 Å². The Kier molecular flexibility index (Phi) is 2.11. The van der Waals surface area contributed by atoms with Gasteiger partial charge in [-0.1, -0.05) is 6.08 Å². The fourth-order valence-electron chi connectivity index (χ4n) is 1.34. The summed E-state index contributed by atoms with van der Waals surface area (Å²) in [5.74, 6) is 0. The molecule has 1 saturated carbocycles. The normalized spacial score (nSPS) is 41.2. The second-order valence-corrected chi connectivity index (χ2v) is 3.15. The molecule has 2 heteroatoms. The van der Waals surface area contributed by atoms with Gasteiger partial charge in [-0.2, -0.15) is 0 Å². The maximum atomic E-state index is 9.62. The van der Waals surface area contributed by atoms with Crippen molar-refractivity contribution in [2.45, 2.75) is 37.3 Å². The Morgan fingerprint density at radius 3 is 2.40 bits per heavy atom. The Hall–Kier alpha value is -0.340. The Morgan fingerprint density at radius 1 is 1.50 bits per heavy atom. The molecule has 0 aromatic carbocycles. The van der Waals surface area contributed by atoms with Crippen molar-refractivity contribution in [3.8, 4) is 0 Å². The lowest BCUT2D eigenvalue weighted by Crippen LogP contribution is -2.36. The third-order valence-electron chi connectivity index (χ3n) is 2.28. The van der Waals surface area contributed by atoms with E-state index in [0.29, 0.717) is 6.04 Å². The highest BCUT2D eigenvalue weighted by Gasteiger charge is 2.28. The van der Waals surface area contributed by atoms with Gasteiger partial charge in [0.15, 0.2) is 0 Å². The molecule has 0 unspecified atom stereocenters. The first-order valence-corrected chi connectivity index (χ1v) is 3.78. The number of rotatable bonds is 1. The third kappa shape index (κ3) is 1.58. The zero-order valence-corrected chi connectivity index (χ0v) is 6.21. The van der Waals surface area contributed by atoms with Gasteiger partial charge in [0.2, 0.25) is 0 Å². The molecule has 3 N–H and O–H groups in total. The van der Waals surface area contributed by atoms with Crippen LogP contribution < -0.4 is 5.73 Å². The lowest BCUT2D eigenvalue weighted by atomic mass is 9.83. The molecule has 0 aromatic rings. The van der Waals surface area contributed by atoms with Crippen LogP contribution in [0.5, 0.6) is 0 Å². The first kappa shape index (κ1) is 7.76. The second-order valence-electron chi connectivity index (χ2n) is 3.15. The molecule has 0 bridgehead atoms. The molecule has 0 saturated heterocycles. The second kappa shape index (κ2) is 2.72. The van der Waals surface area contributed by atoms with Crippen molar-refractivity contribution >= 4 is 0 Å². The minimum absolute atomic E-state index is 0.292. The van der Waals surface area contributed by atoms with Gasteiger partial charge in [-0.25, -0.2) is 0 Å². The first-order valence-electron chi connectivity index (χ1n) is 3.78. The standard InChI is InChI=1S/C8H15NO/c1-2-8(10)5-3-7(9)4-6-8/h2,7,10H,1,3-6,9H2/t7-,8+. The number of hydrogen-bond acceptors (Lipinski definition) is 2. The number of hydrogen-bond donors (Lipinski definition) is 2. The maximum Gasteiger partial charge on any atom is 0.0826 e. The minimum atomic E-state index is -0.615. The van der Waals surface area contributed by atoms with E-state index in [1.165, 1.54) is 0 Å². The van der Waals surface area contributed by atoms with Crippen molar-refractivity contribution in [1.82, 2.24) is 0 Å². The lowest BCUT2D eigenvalue weighted by Gasteiger charge is -2.31. The van der Waals surface area contributed by atoms with E-state index >= 15 is 0 Å². The van der Waals surface area contributed by atoms with Crippen molar-refractivity contribution in [2.75, 3.05) is 0 Å². The zero-order valence-electron chi connectivity index (χ0n) is 6.21. The monoisotopic (exact) mass is 141 g/mol. The SMILES string of the molecule is C=C[C@]1(O)CC[C@@H](N)CC1. The molecule has 0 amide bonds. The largest absolute Gasteiger partial charge is 0.386 e. The molecule has 0 heterocycles. The predicted octanol–water partition coefficient (Wildman–Crippen LogP) is 0.805. The van der Waals surface area contributed by atoms with Crippen molar-refractivity contribution in [2.24, 2.45) is 5.73 Å². The van der Waals surface area contributed by atoms with Gasteiger partial charge in [0.25, 0.3) is 0 Å².